The highest BCUT2D eigenvalue weighted by molar-refractivity contribution is 5.78. The first-order valence-electron chi connectivity index (χ1n) is 11.8. The van der Waals surface area contributed by atoms with Crippen LogP contribution < -0.4 is 14.8 Å². The average molecular weight is 475 g/mol. The number of hydrogen-bond acceptors (Lipinski definition) is 6. The van der Waals surface area contributed by atoms with Crippen molar-refractivity contribution in [1.82, 2.24) is 20.2 Å². The van der Waals surface area contributed by atoms with E-state index in [1.54, 1.807) is 32.8 Å². The fourth-order valence-electron chi connectivity index (χ4n) is 3.63. The number of hydrogen-bond donors (Lipinski definition) is 1. The van der Waals surface area contributed by atoms with E-state index in [9.17, 15) is 4.79 Å². The van der Waals surface area contributed by atoms with Gasteiger partial charge < -0.3 is 19.7 Å². The molecule has 3 aromatic rings. The third-order valence-electron chi connectivity index (χ3n) is 5.65. The number of benzene rings is 2. The molecule has 1 amide bonds. The fourth-order valence-corrected chi connectivity index (χ4v) is 3.63. The topological polar surface area (TPSA) is 76.6 Å². The predicted octanol–water partition coefficient (Wildman–Crippen LogP) is 4.24. The van der Waals surface area contributed by atoms with Gasteiger partial charge in [0.05, 0.1) is 26.1 Å². The van der Waals surface area contributed by atoms with Crippen molar-refractivity contribution in [2.24, 2.45) is 0 Å². The van der Waals surface area contributed by atoms with E-state index in [-0.39, 0.29) is 5.91 Å². The van der Waals surface area contributed by atoms with Gasteiger partial charge in [-0.3, -0.25) is 14.8 Å². The number of amides is 1. The Bertz CT molecular complexity index is 1090. The zero-order valence-electron chi connectivity index (χ0n) is 20.7. The van der Waals surface area contributed by atoms with Gasteiger partial charge in [-0.2, -0.15) is 0 Å². The summed E-state index contributed by atoms with van der Waals surface area (Å²) in [5.41, 5.74) is 4.11. The van der Waals surface area contributed by atoms with Crippen LogP contribution in [0, 0.1) is 0 Å². The lowest BCUT2D eigenvalue weighted by Gasteiger charge is -2.17. The number of rotatable bonds is 13. The van der Waals surface area contributed by atoms with Gasteiger partial charge >= 0.3 is 0 Å². The summed E-state index contributed by atoms with van der Waals surface area (Å²) in [7, 11) is 5.39. The van der Waals surface area contributed by atoms with Crippen molar-refractivity contribution in [1.29, 1.82) is 0 Å². The summed E-state index contributed by atoms with van der Waals surface area (Å²) in [5.74, 6) is 1.53. The summed E-state index contributed by atoms with van der Waals surface area (Å²) in [4.78, 5) is 22.8. The van der Waals surface area contributed by atoms with E-state index in [0.29, 0.717) is 13.0 Å². The smallest absolute Gasteiger partial charge is 0.223 e. The minimum atomic E-state index is 0.0328. The molecule has 0 bridgehead atoms. The molecule has 0 aliphatic carbocycles. The Morgan fingerprint density at radius 3 is 2.54 bits per heavy atom. The largest absolute Gasteiger partial charge is 0.493 e. The second-order valence-electron chi connectivity index (χ2n) is 8.27. The Morgan fingerprint density at radius 1 is 1.03 bits per heavy atom. The van der Waals surface area contributed by atoms with E-state index in [1.165, 1.54) is 5.56 Å². The zero-order valence-corrected chi connectivity index (χ0v) is 20.7. The lowest BCUT2D eigenvalue weighted by atomic mass is 10.1. The molecule has 0 atom stereocenters. The van der Waals surface area contributed by atoms with Crippen LogP contribution in [0.4, 0.5) is 0 Å². The number of nitrogens with one attached hydrogen (secondary N) is 1. The summed E-state index contributed by atoms with van der Waals surface area (Å²) in [6.07, 6.45) is 11.1. The Morgan fingerprint density at radius 2 is 1.83 bits per heavy atom. The molecule has 0 fully saturated rings. The molecule has 0 saturated heterocycles. The van der Waals surface area contributed by atoms with Crippen LogP contribution in [0.5, 0.6) is 11.5 Å². The van der Waals surface area contributed by atoms with E-state index >= 15 is 0 Å². The van der Waals surface area contributed by atoms with Gasteiger partial charge in [-0.25, -0.2) is 0 Å². The number of ether oxygens (including phenoxy) is 2. The summed E-state index contributed by atoms with van der Waals surface area (Å²) in [5, 5.41) is 2.99. The van der Waals surface area contributed by atoms with Crippen molar-refractivity contribution in [3.63, 3.8) is 0 Å². The van der Waals surface area contributed by atoms with Crippen LogP contribution in [-0.4, -0.2) is 61.7 Å². The molecule has 7 heteroatoms. The predicted molar refractivity (Wildman–Crippen MR) is 139 cm³/mol. The molecule has 3 rings (SSSR count). The number of nitrogens with zero attached hydrogens (tertiary/aromatic N) is 3. The van der Waals surface area contributed by atoms with E-state index in [0.717, 1.165) is 54.3 Å². The maximum atomic E-state index is 12.1. The highest BCUT2D eigenvalue weighted by Crippen LogP contribution is 2.27. The van der Waals surface area contributed by atoms with Crippen LogP contribution in [-0.2, 0) is 11.2 Å². The molecule has 35 heavy (non-hydrogen) atoms. The van der Waals surface area contributed by atoms with Gasteiger partial charge in [0, 0.05) is 37.5 Å². The Labute approximate surface area is 207 Å². The molecular formula is C28H34N4O3. The summed E-state index contributed by atoms with van der Waals surface area (Å²) < 4.78 is 10.7. The standard InChI is InChI=1S/C28H34N4O3/c1-32(19-14-23-10-13-26(34-2)27(20-23)35-3)18-5-15-31-28(33)7-4-6-22-8-11-24(12-9-22)25-21-29-16-17-30-25/h4,6,8-13,16-17,20-21H,5,7,14-15,18-19H2,1-3H3,(H,31,33). The number of likely N-dealkylation sites (N-methyl/N-ethyl adjacent to an activating group) is 1. The first-order chi connectivity index (χ1) is 17.1. The van der Waals surface area contributed by atoms with E-state index < -0.39 is 0 Å². The molecule has 0 spiro atoms. The van der Waals surface area contributed by atoms with Crippen LogP contribution in [0.3, 0.4) is 0 Å². The minimum absolute atomic E-state index is 0.0328. The molecule has 0 aliphatic rings. The summed E-state index contributed by atoms with van der Waals surface area (Å²) >= 11 is 0. The number of methoxy groups -OCH3 is 2. The second-order valence-corrected chi connectivity index (χ2v) is 8.27. The summed E-state index contributed by atoms with van der Waals surface area (Å²) in [6.45, 7) is 2.52. The molecule has 1 N–H and O–H groups in total. The molecule has 0 radical (unpaired) electrons. The first kappa shape index (κ1) is 25.9. The first-order valence-corrected chi connectivity index (χ1v) is 11.8. The Kier molecular flexibility index (Phi) is 10.3. The maximum Gasteiger partial charge on any atom is 0.223 e. The van der Waals surface area contributed by atoms with Gasteiger partial charge in [-0.05, 0) is 49.7 Å². The van der Waals surface area contributed by atoms with Crippen LogP contribution >= 0.6 is 0 Å². The average Bonchev–Trinajstić information content (AvgIpc) is 2.90. The number of carbonyl (C=O) groups excluding carboxylic acids is 1. The normalized spacial score (nSPS) is 11.1. The minimum Gasteiger partial charge on any atom is -0.493 e. The zero-order chi connectivity index (χ0) is 24.9. The highest BCUT2D eigenvalue weighted by Gasteiger charge is 2.06. The third-order valence-corrected chi connectivity index (χ3v) is 5.65. The van der Waals surface area contributed by atoms with E-state index in [4.69, 9.17) is 9.47 Å². The molecular weight excluding hydrogens is 440 g/mol. The van der Waals surface area contributed by atoms with Crippen molar-refractivity contribution < 1.29 is 14.3 Å². The molecule has 184 valence electrons. The lowest BCUT2D eigenvalue weighted by molar-refractivity contribution is -0.120. The van der Waals surface area contributed by atoms with E-state index in [2.05, 4.69) is 33.3 Å². The van der Waals surface area contributed by atoms with Crippen LogP contribution in [0.15, 0.2) is 67.1 Å². The van der Waals surface area contributed by atoms with Crippen molar-refractivity contribution in [2.45, 2.75) is 19.3 Å². The Hall–Kier alpha value is -3.71. The molecule has 7 nitrogen and oxygen atoms in total. The van der Waals surface area contributed by atoms with Gasteiger partial charge in [0.15, 0.2) is 11.5 Å². The van der Waals surface area contributed by atoms with Gasteiger partial charge in [-0.15, -0.1) is 0 Å². The summed E-state index contributed by atoms with van der Waals surface area (Å²) in [6, 6.07) is 14.1. The van der Waals surface area contributed by atoms with Gasteiger partial charge in [0.1, 0.15) is 0 Å². The van der Waals surface area contributed by atoms with E-state index in [1.807, 2.05) is 48.6 Å². The molecule has 0 aliphatic heterocycles. The molecule has 1 aromatic heterocycles. The van der Waals surface area contributed by atoms with Crippen LogP contribution in [0.2, 0.25) is 0 Å². The highest BCUT2D eigenvalue weighted by atomic mass is 16.5. The van der Waals surface area contributed by atoms with Crippen molar-refractivity contribution in [3.05, 3.63) is 78.3 Å². The van der Waals surface area contributed by atoms with Gasteiger partial charge in [0.25, 0.3) is 0 Å². The molecule has 2 aromatic carbocycles. The SMILES string of the molecule is COc1ccc(CCN(C)CCCNC(=O)CC=Cc2ccc(-c3cnccn3)cc2)cc1OC. The third kappa shape index (κ3) is 8.54. The quantitative estimate of drug-likeness (QED) is 0.373. The maximum absolute atomic E-state index is 12.1. The van der Waals surface area contributed by atoms with Gasteiger partial charge in [0.2, 0.25) is 5.91 Å². The number of aromatic nitrogens is 2. The molecule has 1 heterocycles. The van der Waals surface area contributed by atoms with Gasteiger partial charge in [-0.1, -0.05) is 42.5 Å². The lowest BCUT2D eigenvalue weighted by Crippen LogP contribution is -2.28. The fraction of sp³-hybridized carbons (Fsp3) is 0.321. The second kappa shape index (κ2) is 13.9. The van der Waals surface area contributed by atoms with Crippen LogP contribution in [0.25, 0.3) is 17.3 Å². The monoisotopic (exact) mass is 474 g/mol. The van der Waals surface area contributed by atoms with Crippen LogP contribution in [0.1, 0.15) is 24.0 Å². The van der Waals surface area contributed by atoms with Crippen molar-refractivity contribution in [2.75, 3.05) is 40.9 Å². The molecule has 0 unspecified atom stereocenters. The van der Waals surface area contributed by atoms with Crippen molar-refractivity contribution >= 4 is 12.0 Å². The number of carbonyl (C=O) groups is 1. The Balaban J connectivity index is 1.30. The van der Waals surface area contributed by atoms with Crippen molar-refractivity contribution in [3.8, 4) is 22.8 Å². The molecule has 0 saturated carbocycles.